The Kier molecular flexibility index (Phi) is 3.08. The first kappa shape index (κ1) is 12.3. The molecule has 1 N–H and O–H groups in total. The molecule has 2 atom stereocenters. The van der Waals surface area contributed by atoms with Crippen molar-refractivity contribution < 1.29 is 9.63 Å². The number of aryl methyl sites for hydroxylation is 1. The van der Waals surface area contributed by atoms with E-state index in [0.717, 1.165) is 11.1 Å². The molecule has 1 saturated heterocycles. The lowest BCUT2D eigenvalue weighted by molar-refractivity contribution is 0.182. The second-order valence-electron chi connectivity index (χ2n) is 5.17. The molecule has 0 amide bonds. The van der Waals surface area contributed by atoms with Gasteiger partial charge < -0.3 is 9.63 Å². The minimum Gasteiger partial charge on any atom is -0.392 e. The third-order valence-electron chi connectivity index (χ3n) is 3.53. The Morgan fingerprint density at radius 3 is 2.95 bits per heavy atom. The first-order chi connectivity index (χ1) is 9.13. The molecule has 3 rings (SSSR count). The van der Waals surface area contributed by atoms with E-state index in [9.17, 15) is 5.11 Å². The van der Waals surface area contributed by atoms with E-state index < -0.39 is 0 Å². The molecule has 0 radical (unpaired) electrons. The third-order valence-corrected chi connectivity index (χ3v) is 3.53. The van der Waals surface area contributed by atoms with Crippen molar-refractivity contribution in [2.24, 2.45) is 0 Å². The minimum absolute atomic E-state index is 0.0149. The molecule has 0 saturated carbocycles. The normalized spacial score (nSPS) is 23.9. The summed E-state index contributed by atoms with van der Waals surface area (Å²) in [5.74, 6) is 1.18. The Balaban J connectivity index is 1.87. The molecule has 0 bridgehead atoms. The smallest absolute Gasteiger partial charge is 0.244 e. The topological polar surface area (TPSA) is 62.4 Å². The van der Waals surface area contributed by atoms with Gasteiger partial charge >= 0.3 is 0 Å². The van der Waals surface area contributed by atoms with E-state index in [2.05, 4.69) is 10.1 Å². The van der Waals surface area contributed by atoms with E-state index in [4.69, 9.17) is 4.52 Å². The van der Waals surface area contributed by atoms with Gasteiger partial charge in [-0.25, -0.2) is 0 Å². The SMILES string of the molecule is Cc1cccc(-c2noc([C@@H]3C[C@@H](O)CN3C)n2)c1. The summed E-state index contributed by atoms with van der Waals surface area (Å²) in [6.07, 6.45) is 0.329. The summed E-state index contributed by atoms with van der Waals surface area (Å²) in [5, 5.41) is 13.7. The van der Waals surface area contributed by atoms with E-state index in [-0.39, 0.29) is 12.1 Å². The van der Waals surface area contributed by atoms with Crippen LogP contribution in [0.2, 0.25) is 0 Å². The zero-order chi connectivity index (χ0) is 13.4. The molecule has 2 aromatic rings. The maximum absolute atomic E-state index is 9.66. The fourth-order valence-electron chi connectivity index (χ4n) is 2.53. The molecular weight excluding hydrogens is 242 g/mol. The van der Waals surface area contributed by atoms with Crippen LogP contribution < -0.4 is 0 Å². The van der Waals surface area contributed by atoms with Crippen LogP contribution in [0.25, 0.3) is 11.4 Å². The van der Waals surface area contributed by atoms with Gasteiger partial charge in [0, 0.05) is 12.1 Å². The second-order valence-corrected chi connectivity index (χ2v) is 5.17. The molecule has 0 spiro atoms. The van der Waals surface area contributed by atoms with Gasteiger partial charge in [0.25, 0.3) is 0 Å². The van der Waals surface area contributed by atoms with Gasteiger partial charge in [-0.1, -0.05) is 28.9 Å². The van der Waals surface area contributed by atoms with Crippen molar-refractivity contribution in [2.45, 2.75) is 25.5 Å². The monoisotopic (exact) mass is 259 g/mol. The number of likely N-dealkylation sites (N-methyl/N-ethyl adjacent to an activating group) is 1. The summed E-state index contributed by atoms with van der Waals surface area (Å²) in [7, 11) is 1.96. The molecule has 1 aliphatic heterocycles. The van der Waals surface area contributed by atoms with Gasteiger partial charge in [-0.2, -0.15) is 4.98 Å². The van der Waals surface area contributed by atoms with Gasteiger partial charge in [0.2, 0.25) is 11.7 Å². The summed E-state index contributed by atoms with van der Waals surface area (Å²) < 4.78 is 5.35. The molecule has 5 nitrogen and oxygen atoms in total. The van der Waals surface area contributed by atoms with Crippen LogP contribution in [0, 0.1) is 6.92 Å². The zero-order valence-corrected chi connectivity index (χ0v) is 11.1. The van der Waals surface area contributed by atoms with Crippen LogP contribution in [0.3, 0.4) is 0 Å². The number of rotatable bonds is 2. The van der Waals surface area contributed by atoms with Crippen molar-refractivity contribution in [1.82, 2.24) is 15.0 Å². The molecule has 1 fully saturated rings. The Bertz CT molecular complexity index is 582. The van der Waals surface area contributed by atoms with Crippen molar-refractivity contribution in [3.05, 3.63) is 35.7 Å². The lowest BCUT2D eigenvalue weighted by atomic mass is 10.1. The van der Waals surface area contributed by atoms with Crippen LogP contribution in [0.1, 0.15) is 23.9 Å². The first-order valence-electron chi connectivity index (χ1n) is 6.42. The molecule has 2 heterocycles. The Hall–Kier alpha value is -1.72. The van der Waals surface area contributed by atoms with Gasteiger partial charge in [-0.05, 0) is 26.5 Å². The standard InChI is InChI=1S/C14H17N3O2/c1-9-4-3-5-10(6-9)13-15-14(19-16-13)12-7-11(18)8-17(12)2/h3-6,11-12,18H,7-8H2,1-2H3/t11-,12+/m1/s1. The van der Waals surface area contributed by atoms with Crippen molar-refractivity contribution in [3.63, 3.8) is 0 Å². The molecule has 19 heavy (non-hydrogen) atoms. The van der Waals surface area contributed by atoms with Crippen LogP contribution in [-0.4, -0.2) is 39.8 Å². The van der Waals surface area contributed by atoms with Crippen molar-refractivity contribution in [3.8, 4) is 11.4 Å². The maximum atomic E-state index is 9.66. The number of likely N-dealkylation sites (tertiary alicyclic amines) is 1. The highest BCUT2D eigenvalue weighted by atomic mass is 16.5. The number of hydrogen-bond acceptors (Lipinski definition) is 5. The third kappa shape index (κ3) is 2.39. The van der Waals surface area contributed by atoms with Gasteiger partial charge in [0.1, 0.15) is 0 Å². The summed E-state index contributed by atoms with van der Waals surface area (Å²) >= 11 is 0. The lowest BCUT2D eigenvalue weighted by Gasteiger charge is -2.13. The molecule has 0 unspecified atom stereocenters. The summed E-state index contributed by atoms with van der Waals surface area (Å²) in [4.78, 5) is 6.50. The summed E-state index contributed by atoms with van der Waals surface area (Å²) in [5.41, 5.74) is 2.12. The van der Waals surface area contributed by atoms with E-state index in [1.54, 1.807) is 0 Å². The van der Waals surface area contributed by atoms with Crippen LogP contribution in [0.5, 0.6) is 0 Å². The zero-order valence-electron chi connectivity index (χ0n) is 11.1. The van der Waals surface area contributed by atoms with Crippen LogP contribution >= 0.6 is 0 Å². The minimum atomic E-state index is -0.315. The van der Waals surface area contributed by atoms with E-state index in [1.165, 1.54) is 0 Å². The highest BCUT2D eigenvalue weighted by Crippen LogP contribution is 2.30. The van der Waals surface area contributed by atoms with Crippen molar-refractivity contribution >= 4 is 0 Å². The lowest BCUT2D eigenvalue weighted by Crippen LogP contribution is -2.19. The average Bonchev–Trinajstić information content (AvgIpc) is 2.96. The number of aromatic nitrogens is 2. The number of aliphatic hydroxyl groups is 1. The highest BCUT2D eigenvalue weighted by molar-refractivity contribution is 5.55. The van der Waals surface area contributed by atoms with Gasteiger partial charge in [-0.3, -0.25) is 4.90 Å². The van der Waals surface area contributed by atoms with Gasteiger partial charge in [0.05, 0.1) is 12.1 Å². The Labute approximate surface area is 111 Å². The molecule has 0 aliphatic carbocycles. The fourth-order valence-corrected chi connectivity index (χ4v) is 2.53. The predicted molar refractivity (Wildman–Crippen MR) is 70.5 cm³/mol. The Morgan fingerprint density at radius 1 is 1.42 bits per heavy atom. The summed E-state index contributed by atoms with van der Waals surface area (Å²) in [6, 6.07) is 8.02. The number of benzene rings is 1. The molecular formula is C14H17N3O2. The number of nitrogens with zero attached hydrogens (tertiary/aromatic N) is 3. The van der Waals surface area contributed by atoms with E-state index >= 15 is 0 Å². The first-order valence-corrected chi connectivity index (χ1v) is 6.42. The van der Waals surface area contributed by atoms with E-state index in [0.29, 0.717) is 24.7 Å². The molecule has 100 valence electrons. The average molecular weight is 259 g/mol. The maximum Gasteiger partial charge on any atom is 0.244 e. The highest BCUT2D eigenvalue weighted by Gasteiger charge is 2.33. The van der Waals surface area contributed by atoms with Crippen LogP contribution in [-0.2, 0) is 0 Å². The van der Waals surface area contributed by atoms with E-state index in [1.807, 2.05) is 43.1 Å². The van der Waals surface area contributed by atoms with Crippen molar-refractivity contribution in [2.75, 3.05) is 13.6 Å². The molecule has 5 heteroatoms. The van der Waals surface area contributed by atoms with Crippen LogP contribution in [0.15, 0.2) is 28.8 Å². The number of aliphatic hydroxyl groups excluding tert-OH is 1. The van der Waals surface area contributed by atoms with Crippen molar-refractivity contribution in [1.29, 1.82) is 0 Å². The largest absolute Gasteiger partial charge is 0.392 e. The van der Waals surface area contributed by atoms with Crippen LogP contribution in [0.4, 0.5) is 0 Å². The summed E-state index contributed by atoms with van der Waals surface area (Å²) in [6.45, 7) is 2.68. The number of β-amino-alcohol motifs (C(OH)–C–C–N with tert-alkyl or cyclic N) is 1. The fraction of sp³-hybridized carbons (Fsp3) is 0.429. The predicted octanol–water partition coefficient (Wildman–Crippen LogP) is 1.78. The molecule has 1 aromatic carbocycles. The molecule has 1 aliphatic rings. The van der Waals surface area contributed by atoms with Gasteiger partial charge in [-0.15, -0.1) is 0 Å². The Morgan fingerprint density at radius 2 is 2.26 bits per heavy atom. The molecule has 1 aromatic heterocycles. The number of hydrogen-bond donors (Lipinski definition) is 1. The second kappa shape index (κ2) is 4.75. The quantitative estimate of drug-likeness (QED) is 0.890. The van der Waals surface area contributed by atoms with Gasteiger partial charge in [0.15, 0.2) is 0 Å².